The fraction of sp³-hybridized carbons (Fsp3) is 0.211. The topological polar surface area (TPSA) is 111 Å². The van der Waals surface area contributed by atoms with E-state index in [1.54, 1.807) is 0 Å². The molecule has 4 N–H and O–H groups in total. The summed E-state index contributed by atoms with van der Waals surface area (Å²) < 4.78 is 27.9. The van der Waals surface area contributed by atoms with E-state index in [9.17, 15) is 23.2 Å². The molecule has 0 aliphatic rings. The van der Waals surface area contributed by atoms with Crippen LogP contribution in [0.2, 0.25) is 0 Å². The average molecular weight is 406 g/mol. The van der Waals surface area contributed by atoms with Gasteiger partial charge in [-0.05, 0) is 35.4 Å². The standard InChI is InChI=1S/C19H20F2N4O4/c1-22-15-13(20)8-12(9-14(15)21)10-4-6-11(7-5-10)19(28)25(3)16(17(26)23-2)18(27)24-29/h4-9,16,22,29H,1-3H3,(H,23,26)(H,24,27). The fourth-order valence-corrected chi connectivity index (χ4v) is 2.77. The second-order valence-electron chi connectivity index (χ2n) is 6.05. The first-order valence-corrected chi connectivity index (χ1v) is 8.45. The number of carbonyl (C=O) groups is 3. The molecule has 29 heavy (non-hydrogen) atoms. The summed E-state index contributed by atoms with van der Waals surface area (Å²) in [4.78, 5) is 37.1. The molecule has 0 aromatic heterocycles. The van der Waals surface area contributed by atoms with E-state index in [-0.39, 0.29) is 16.8 Å². The summed E-state index contributed by atoms with van der Waals surface area (Å²) in [5, 5.41) is 13.5. The third-order valence-corrected chi connectivity index (χ3v) is 4.32. The highest BCUT2D eigenvalue weighted by Crippen LogP contribution is 2.27. The number of amides is 3. The molecule has 2 rings (SSSR count). The largest absolute Gasteiger partial charge is 0.383 e. The monoisotopic (exact) mass is 406 g/mol. The second-order valence-corrected chi connectivity index (χ2v) is 6.05. The molecule has 0 saturated carbocycles. The zero-order valence-electron chi connectivity index (χ0n) is 15.9. The third kappa shape index (κ3) is 4.49. The SMILES string of the molecule is CNC(=O)C(C(=O)NO)N(C)C(=O)c1ccc(-c2cc(F)c(NC)c(F)c2)cc1. The fourth-order valence-electron chi connectivity index (χ4n) is 2.77. The highest BCUT2D eigenvalue weighted by atomic mass is 19.1. The minimum atomic E-state index is -1.59. The van der Waals surface area contributed by atoms with Crippen molar-refractivity contribution < 1.29 is 28.4 Å². The molecular weight excluding hydrogens is 386 g/mol. The molecule has 0 heterocycles. The number of benzene rings is 2. The summed E-state index contributed by atoms with van der Waals surface area (Å²) in [6, 6.07) is 6.48. The van der Waals surface area contributed by atoms with Gasteiger partial charge in [0.2, 0.25) is 0 Å². The first kappa shape index (κ1) is 21.8. The quantitative estimate of drug-likeness (QED) is 0.329. The summed E-state index contributed by atoms with van der Waals surface area (Å²) in [5.41, 5.74) is 1.96. The molecule has 2 aromatic rings. The molecular formula is C19H20F2N4O4. The van der Waals surface area contributed by atoms with Gasteiger partial charge < -0.3 is 15.5 Å². The van der Waals surface area contributed by atoms with E-state index in [4.69, 9.17) is 5.21 Å². The van der Waals surface area contributed by atoms with Gasteiger partial charge in [0.15, 0.2) is 6.04 Å². The van der Waals surface area contributed by atoms with Gasteiger partial charge >= 0.3 is 0 Å². The van der Waals surface area contributed by atoms with Gasteiger partial charge in [-0.2, -0.15) is 0 Å². The van der Waals surface area contributed by atoms with Crippen molar-refractivity contribution in [3.63, 3.8) is 0 Å². The molecule has 0 saturated heterocycles. The summed E-state index contributed by atoms with van der Waals surface area (Å²) in [6.07, 6.45) is 0. The predicted molar refractivity (Wildman–Crippen MR) is 101 cm³/mol. The molecule has 1 unspecified atom stereocenters. The Morgan fingerprint density at radius 3 is 1.97 bits per heavy atom. The van der Waals surface area contributed by atoms with Gasteiger partial charge in [-0.1, -0.05) is 12.1 Å². The number of halogens is 2. The van der Waals surface area contributed by atoms with E-state index in [1.165, 1.54) is 50.9 Å². The van der Waals surface area contributed by atoms with Gasteiger partial charge in [0.05, 0.1) is 0 Å². The zero-order chi connectivity index (χ0) is 21.7. The van der Waals surface area contributed by atoms with Crippen molar-refractivity contribution in [2.24, 2.45) is 0 Å². The Morgan fingerprint density at radius 2 is 1.52 bits per heavy atom. The van der Waals surface area contributed by atoms with Gasteiger partial charge in [-0.15, -0.1) is 0 Å². The number of hydrogen-bond acceptors (Lipinski definition) is 5. The van der Waals surface area contributed by atoms with Crippen molar-refractivity contribution in [3.8, 4) is 11.1 Å². The van der Waals surface area contributed by atoms with Gasteiger partial charge in [0.1, 0.15) is 17.3 Å². The van der Waals surface area contributed by atoms with Crippen LogP contribution >= 0.6 is 0 Å². The number of likely N-dealkylation sites (N-methyl/N-ethyl adjacent to an activating group) is 2. The van der Waals surface area contributed by atoms with Crippen molar-refractivity contribution in [2.75, 3.05) is 26.5 Å². The maximum atomic E-state index is 14.0. The van der Waals surface area contributed by atoms with Crippen LogP contribution in [0.5, 0.6) is 0 Å². The summed E-state index contributed by atoms with van der Waals surface area (Å²) in [6.45, 7) is 0. The highest BCUT2D eigenvalue weighted by molar-refractivity contribution is 6.08. The van der Waals surface area contributed by atoms with Gasteiger partial charge in [-0.3, -0.25) is 19.6 Å². The van der Waals surface area contributed by atoms with Gasteiger partial charge in [0.25, 0.3) is 17.7 Å². The third-order valence-electron chi connectivity index (χ3n) is 4.32. The lowest BCUT2D eigenvalue weighted by Gasteiger charge is -2.25. The van der Waals surface area contributed by atoms with Gasteiger partial charge in [0, 0.05) is 26.7 Å². The van der Waals surface area contributed by atoms with Crippen LogP contribution in [0, 0.1) is 11.6 Å². The van der Waals surface area contributed by atoms with E-state index >= 15 is 0 Å². The summed E-state index contributed by atoms with van der Waals surface area (Å²) in [7, 11) is 3.92. The number of rotatable bonds is 6. The zero-order valence-corrected chi connectivity index (χ0v) is 15.9. The molecule has 0 aliphatic carbocycles. The smallest absolute Gasteiger partial charge is 0.275 e. The lowest BCUT2D eigenvalue weighted by molar-refractivity contribution is -0.140. The van der Waals surface area contributed by atoms with Crippen LogP contribution < -0.4 is 16.1 Å². The number of hydroxylamine groups is 1. The van der Waals surface area contributed by atoms with E-state index < -0.39 is 35.4 Å². The van der Waals surface area contributed by atoms with Gasteiger partial charge in [-0.25, -0.2) is 14.3 Å². The van der Waals surface area contributed by atoms with Crippen LogP contribution in [0.1, 0.15) is 10.4 Å². The van der Waals surface area contributed by atoms with Crippen molar-refractivity contribution in [3.05, 3.63) is 53.6 Å². The second kappa shape index (κ2) is 9.11. The lowest BCUT2D eigenvalue weighted by atomic mass is 10.0. The molecule has 10 heteroatoms. The highest BCUT2D eigenvalue weighted by Gasteiger charge is 2.33. The molecule has 3 amide bonds. The lowest BCUT2D eigenvalue weighted by Crippen LogP contribution is -2.54. The minimum Gasteiger partial charge on any atom is -0.383 e. The number of nitrogens with one attached hydrogen (secondary N) is 3. The van der Waals surface area contributed by atoms with Crippen LogP contribution in [0.25, 0.3) is 11.1 Å². The van der Waals surface area contributed by atoms with Crippen LogP contribution in [-0.2, 0) is 9.59 Å². The van der Waals surface area contributed by atoms with E-state index in [1.807, 2.05) is 0 Å². The van der Waals surface area contributed by atoms with Crippen molar-refractivity contribution in [1.29, 1.82) is 0 Å². The van der Waals surface area contributed by atoms with Crippen molar-refractivity contribution in [2.45, 2.75) is 6.04 Å². The van der Waals surface area contributed by atoms with E-state index in [2.05, 4.69) is 10.6 Å². The average Bonchev–Trinajstić information content (AvgIpc) is 2.72. The minimum absolute atomic E-state index is 0.128. The maximum Gasteiger partial charge on any atom is 0.275 e. The van der Waals surface area contributed by atoms with Crippen molar-refractivity contribution in [1.82, 2.24) is 15.7 Å². The van der Waals surface area contributed by atoms with E-state index in [0.29, 0.717) is 5.56 Å². The predicted octanol–water partition coefficient (Wildman–Crippen LogP) is 1.37. The maximum absolute atomic E-state index is 14.0. The Kier molecular flexibility index (Phi) is 6.84. The number of carbonyl (C=O) groups excluding carboxylic acids is 3. The Hall–Kier alpha value is -3.53. The Morgan fingerprint density at radius 1 is 0.966 bits per heavy atom. The molecule has 1 atom stereocenters. The Balaban J connectivity index is 2.30. The first-order chi connectivity index (χ1) is 13.7. The molecule has 0 bridgehead atoms. The summed E-state index contributed by atoms with van der Waals surface area (Å²) in [5.74, 6) is -4.06. The molecule has 0 fully saturated rings. The Bertz CT molecular complexity index is 895. The Labute approximate surface area is 165 Å². The van der Waals surface area contributed by atoms with Crippen LogP contribution in [0.4, 0.5) is 14.5 Å². The number of hydrogen-bond donors (Lipinski definition) is 4. The molecule has 8 nitrogen and oxygen atoms in total. The molecule has 2 aromatic carbocycles. The molecule has 0 spiro atoms. The van der Waals surface area contributed by atoms with Crippen LogP contribution in [-0.4, -0.2) is 55.0 Å². The molecule has 0 radical (unpaired) electrons. The first-order valence-electron chi connectivity index (χ1n) is 8.45. The van der Waals surface area contributed by atoms with Crippen molar-refractivity contribution >= 4 is 23.4 Å². The number of nitrogens with zero attached hydrogens (tertiary/aromatic N) is 1. The molecule has 154 valence electrons. The summed E-state index contributed by atoms with van der Waals surface area (Å²) >= 11 is 0. The number of anilines is 1. The molecule has 0 aliphatic heterocycles. The van der Waals surface area contributed by atoms with E-state index in [0.717, 1.165) is 17.0 Å². The van der Waals surface area contributed by atoms with Crippen LogP contribution in [0.15, 0.2) is 36.4 Å². The normalized spacial score (nSPS) is 11.4. The van der Waals surface area contributed by atoms with Crippen LogP contribution in [0.3, 0.4) is 0 Å².